The number of hydrogen-bond acceptors (Lipinski definition) is 4. The third-order valence-electron chi connectivity index (χ3n) is 3.38. The first-order valence-corrected chi connectivity index (χ1v) is 8.27. The molecule has 0 amide bonds. The van der Waals surface area contributed by atoms with E-state index in [2.05, 4.69) is 4.98 Å². The van der Waals surface area contributed by atoms with E-state index in [0.717, 1.165) is 9.54 Å². The molecule has 0 radical (unpaired) electrons. The first kappa shape index (κ1) is 14.4. The van der Waals surface area contributed by atoms with Gasteiger partial charge in [-0.15, -0.1) is 0 Å². The highest BCUT2D eigenvalue weighted by molar-refractivity contribution is 7.89. The van der Waals surface area contributed by atoms with E-state index in [0.29, 0.717) is 22.3 Å². The quantitative estimate of drug-likeness (QED) is 0.717. The van der Waals surface area contributed by atoms with Crippen LogP contribution in [0.2, 0.25) is 0 Å². The second kappa shape index (κ2) is 5.03. The van der Waals surface area contributed by atoms with Gasteiger partial charge in [-0.05, 0) is 30.7 Å². The van der Waals surface area contributed by atoms with Crippen LogP contribution < -0.4 is 11.4 Å². The van der Waals surface area contributed by atoms with Gasteiger partial charge in [-0.3, -0.25) is 0 Å². The van der Waals surface area contributed by atoms with Gasteiger partial charge in [-0.1, -0.05) is 29.8 Å². The Morgan fingerprint density at radius 2 is 1.95 bits per heavy atom. The number of nitrogens with two attached hydrogens (primary N) is 1. The summed E-state index contributed by atoms with van der Waals surface area (Å²) in [6.45, 7) is 1.89. The Labute approximate surface area is 127 Å². The summed E-state index contributed by atoms with van der Waals surface area (Å²) in [4.78, 5) is 14.6. The smallest absolute Gasteiger partial charge is 0.340 e. The zero-order chi connectivity index (χ0) is 15.9. The lowest BCUT2D eigenvalue weighted by atomic mass is 10.2. The largest absolute Gasteiger partial charge is 0.399 e. The van der Waals surface area contributed by atoms with Crippen molar-refractivity contribution in [1.82, 2.24) is 8.96 Å². The predicted molar refractivity (Wildman–Crippen MR) is 86.2 cm³/mol. The van der Waals surface area contributed by atoms with E-state index in [1.807, 2.05) is 13.0 Å². The molecule has 0 aliphatic carbocycles. The number of fused-ring (bicyclic) bond motifs is 1. The Morgan fingerprint density at radius 3 is 2.68 bits per heavy atom. The predicted octanol–water partition coefficient (Wildman–Crippen LogP) is 1.60. The molecule has 6 nitrogen and oxygen atoms in total. The molecule has 3 N–H and O–H groups in total. The zero-order valence-corrected chi connectivity index (χ0v) is 12.7. The number of nitrogen functional groups attached to an aromatic ring is 1. The van der Waals surface area contributed by atoms with Gasteiger partial charge >= 0.3 is 5.69 Å². The Morgan fingerprint density at radius 1 is 1.18 bits per heavy atom. The number of hydrogen-bond donors (Lipinski definition) is 2. The lowest BCUT2D eigenvalue weighted by Gasteiger charge is -2.07. The van der Waals surface area contributed by atoms with Gasteiger partial charge in [0.15, 0.2) is 0 Å². The number of aromatic amines is 1. The number of H-pyrrole nitrogens is 1. The normalized spacial score (nSPS) is 11.9. The molecular formula is C15H15N3O3S. The summed E-state index contributed by atoms with van der Waals surface area (Å²) in [7, 11) is -3.82. The molecule has 3 rings (SSSR count). The number of aromatic nitrogens is 2. The van der Waals surface area contributed by atoms with Gasteiger partial charge in [0.1, 0.15) is 0 Å². The minimum Gasteiger partial charge on any atom is -0.399 e. The van der Waals surface area contributed by atoms with Crippen molar-refractivity contribution in [2.75, 3.05) is 5.73 Å². The fourth-order valence-corrected chi connectivity index (χ4v) is 3.95. The number of imidazole rings is 1. The van der Waals surface area contributed by atoms with Crippen molar-refractivity contribution in [3.05, 3.63) is 64.1 Å². The van der Waals surface area contributed by atoms with Crippen LogP contribution in [0.1, 0.15) is 11.1 Å². The molecule has 0 bridgehead atoms. The molecule has 0 aliphatic heterocycles. The lowest BCUT2D eigenvalue weighted by molar-refractivity contribution is 0.586. The topological polar surface area (TPSA) is 98.0 Å². The van der Waals surface area contributed by atoms with Crippen LogP contribution in [0.3, 0.4) is 0 Å². The maximum Gasteiger partial charge on any atom is 0.340 e. The van der Waals surface area contributed by atoms with E-state index in [9.17, 15) is 13.2 Å². The van der Waals surface area contributed by atoms with Gasteiger partial charge in [-0.2, -0.15) is 3.97 Å². The van der Waals surface area contributed by atoms with Gasteiger partial charge in [-0.25, -0.2) is 13.2 Å². The van der Waals surface area contributed by atoms with Crippen LogP contribution >= 0.6 is 0 Å². The zero-order valence-electron chi connectivity index (χ0n) is 11.9. The number of rotatable bonds is 3. The summed E-state index contributed by atoms with van der Waals surface area (Å²) in [5.41, 5.74) is 7.72. The van der Waals surface area contributed by atoms with Crippen molar-refractivity contribution >= 4 is 26.7 Å². The Balaban J connectivity index is 2.13. The van der Waals surface area contributed by atoms with E-state index in [1.54, 1.807) is 24.3 Å². The molecule has 1 heterocycles. The molecule has 0 saturated heterocycles. The van der Waals surface area contributed by atoms with Gasteiger partial charge < -0.3 is 10.7 Å². The van der Waals surface area contributed by atoms with Gasteiger partial charge in [0.25, 0.3) is 0 Å². The second-order valence-corrected chi connectivity index (χ2v) is 7.03. The highest BCUT2D eigenvalue weighted by Gasteiger charge is 2.20. The highest BCUT2D eigenvalue weighted by atomic mass is 32.2. The van der Waals surface area contributed by atoms with Crippen LogP contribution in [-0.2, 0) is 15.8 Å². The minimum absolute atomic E-state index is 0.244. The van der Waals surface area contributed by atoms with Crippen molar-refractivity contribution < 1.29 is 8.42 Å². The van der Waals surface area contributed by atoms with Crippen LogP contribution in [0.25, 0.3) is 11.0 Å². The van der Waals surface area contributed by atoms with Crippen molar-refractivity contribution in [1.29, 1.82) is 0 Å². The van der Waals surface area contributed by atoms with E-state index in [1.165, 1.54) is 12.1 Å². The molecule has 0 atom stereocenters. The van der Waals surface area contributed by atoms with Crippen LogP contribution in [0, 0.1) is 6.92 Å². The van der Waals surface area contributed by atoms with E-state index in [-0.39, 0.29) is 5.75 Å². The van der Waals surface area contributed by atoms with E-state index in [4.69, 9.17) is 5.73 Å². The molecule has 114 valence electrons. The molecule has 22 heavy (non-hydrogen) atoms. The maximum absolute atomic E-state index is 12.6. The summed E-state index contributed by atoms with van der Waals surface area (Å²) in [5, 5.41) is 0. The SMILES string of the molecule is Cc1cccc(CS(=O)(=O)n2c(=O)[nH]c3cc(N)ccc32)c1. The first-order valence-electron chi connectivity index (χ1n) is 6.66. The molecule has 0 saturated carbocycles. The molecule has 0 unspecified atom stereocenters. The fourth-order valence-electron chi connectivity index (χ4n) is 2.46. The van der Waals surface area contributed by atoms with Crippen molar-refractivity contribution in [2.24, 2.45) is 0 Å². The van der Waals surface area contributed by atoms with Gasteiger partial charge in [0.2, 0.25) is 10.0 Å². The van der Waals surface area contributed by atoms with Crippen LogP contribution in [0.15, 0.2) is 47.3 Å². The monoisotopic (exact) mass is 317 g/mol. The number of anilines is 1. The summed E-state index contributed by atoms with van der Waals surface area (Å²) in [6, 6.07) is 11.8. The summed E-state index contributed by atoms with van der Waals surface area (Å²) in [6.07, 6.45) is 0. The number of benzene rings is 2. The van der Waals surface area contributed by atoms with Crippen molar-refractivity contribution in [3.8, 4) is 0 Å². The second-order valence-electron chi connectivity index (χ2n) is 5.22. The number of aryl methyl sites for hydroxylation is 1. The molecule has 1 aromatic heterocycles. The van der Waals surface area contributed by atoms with Crippen molar-refractivity contribution in [2.45, 2.75) is 12.7 Å². The standard InChI is InChI=1S/C15H15N3O3S/c1-10-3-2-4-11(7-10)9-22(20,21)18-14-6-5-12(16)8-13(14)17-15(18)19/h2-8H,9,16H2,1H3,(H,17,19). The molecular weight excluding hydrogens is 302 g/mol. The minimum atomic E-state index is -3.82. The molecule has 0 fully saturated rings. The van der Waals surface area contributed by atoms with Crippen LogP contribution in [0.4, 0.5) is 5.69 Å². The fraction of sp³-hybridized carbons (Fsp3) is 0.133. The maximum atomic E-state index is 12.6. The summed E-state index contributed by atoms with van der Waals surface area (Å²) >= 11 is 0. The van der Waals surface area contributed by atoms with E-state index < -0.39 is 15.7 Å². The van der Waals surface area contributed by atoms with Crippen molar-refractivity contribution in [3.63, 3.8) is 0 Å². The third kappa shape index (κ3) is 2.50. The van der Waals surface area contributed by atoms with Crippen LogP contribution in [0.5, 0.6) is 0 Å². The Hall–Kier alpha value is -2.54. The summed E-state index contributed by atoms with van der Waals surface area (Å²) < 4.78 is 26.0. The first-order chi connectivity index (χ1) is 10.4. The van der Waals surface area contributed by atoms with Crippen LogP contribution in [-0.4, -0.2) is 17.4 Å². The van der Waals surface area contributed by atoms with Gasteiger partial charge in [0, 0.05) is 5.69 Å². The average Bonchev–Trinajstić information content (AvgIpc) is 2.73. The van der Waals surface area contributed by atoms with Gasteiger partial charge in [0.05, 0.1) is 16.8 Å². The highest BCUT2D eigenvalue weighted by Crippen LogP contribution is 2.18. The summed E-state index contributed by atoms with van der Waals surface area (Å²) in [5.74, 6) is -0.244. The molecule has 7 heteroatoms. The molecule has 2 aromatic carbocycles. The number of nitrogens with zero attached hydrogens (tertiary/aromatic N) is 1. The lowest BCUT2D eigenvalue weighted by Crippen LogP contribution is -2.26. The molecule has 0 aliphatic rings. The molecule has 3 aromatic rings. The molecule has 0 spiro atoms. The van der Waals surface area contributed by atoms with E-state index >= 15 is 0 Å². The third-order valence-corrected chi connectivity index (χ3v) is 4.99. The number of nitrogens with one attached hydrogen (secondary N) is 1. The average molecular weight is 317 g/mol. The Bertz CT molecular complexity index is 1020. The Kier molecular flexibility index (Phi) is 3.29.